The summed E-state index contributed by atoms with van der Waals surface area (Å²) in [5.74, 6) is 0.0602. The fraction of sp³-hybridized carbons (Fsp3) is 0.567. The van der Waals surface area contributed by atoms with Crippen LogP contribution < -0.4 is 9.80 Å². The van der Waals surface area contributed by atoms with Crippen LogP contribution in [-0.4, -0.2) is 87.0 Å². The van der Waals surface area contributed by atoms with E-state index in [2.05, 4.69) is 50.4 Å². The number of carbonyl (C=O) groups is 2. The maximum absolute atomic E-state index is 13.0. The average Bonchev–Trinajstić information content (AvgIpc) is 3.57. The number of aromatic amines is 1. The minimum absolute atomic E-state index is 0.0509. The van der Waals surface area contributed by atoms with Crippen molar-refractivity contribution < 1.29 is 14.7 Å². The Kier molecular flexibility index (Phi) is 9.95. The normalized spacial score (nSPS) is 19.8. The highest BCUT2D eigenvalue weighted by molar-refractivity contribution is 7.17. The van der Waals surface area contributed by atoms with E-state index in [9.17, 15) is 14.7 Å². The number of thiazole rings is 1. The molecule has 0 bridgehead atoms. The van der Waals surface area contributed by atoms with Gasteiger partial charge in [0.05, 0.1) is 22.4 Å². The van der Waals surface area contributed by atoms with Crippen molar-refractivity contribution in [3.05, 3.63) is 38.7 Å². The molecule has 2 aliphatic rings. The molecule has 2 fully saturated rings. The molecule has 0 saturated carbocycles. The molecule has 232 valence electrons. The van der Waals surface area contributed by atoms with Crippen molar-refractivity contribution in [3.63, 3.8) is 0 Å². The number of piperidine rings is 1. The van der Waals surface area contributed by atoms with E-state index >= 15 is 0 Å². The van der Waals surface area contributed by atoms with Crippen LogP contribution in [0.5, 0.6) is 0 Å². The van der Waals surface area contributed by atoms with E-state index in [0.717, 1.165) is 62.6 Å². The topological polar surface area (TPSA) is 119 Å². The average molecular weight is 649 g/mol. The third-order valence-corrected chi connectivity index (χ3v) is 11.0. The fourth-order valence-corrected chi connectivity index (χ4v) is 7.65. The van der Waals surface area contributed by atoms with E-state index in [4.69, 9.17) is 28.2 Å². The van der Waals surface area contributed by atoms with E-state index < -0.39 is 5.97 Å². The third kappa shape index (κ3) is 6.69. The van der Waals surface area contributed by atoms with Crippen molar-refractivity contribution in [1.82, 2.24) is 24.8 Å². The lowest BCUT2D eigenvalue weighted by Gasteiger charge is -2.39. The van der Waals surface area contributed by atoms with Crippen LogP contribution in [0.1, 0.15) is 72.3 Å². The molecule has 43 heavy (non-hydrogen) atoms. The molecule has 2 aliphatic heterocycles. The van der Waals surface area contributed by atoms with Gasteiger partial charge in [0.2, 0.25) is 0 Å². The van der Waals surface area contributed by atoms with Crippen LogP contribution in [0.2, 0.25) is 10.0 Å². The largest absolute Gasteiger partial charge is 0.477 e. The number of carbonyl (C=O) groups excluding carboxylic acids is 1. The lowest BCUT2D eigenvalue weighted by molar-refractivity contribution is 0.0702. The minimum Gasteiger partial charge on any atom is -0.477 e. The Bertz CT molecular complexity index is 1450. The molecule has 5 rings (SSSR count). The molecule has 5 heterocycles. The first kappa shape index (κ1) is 31.7. The number of piperazine rings is 1. The van der Waals surface area contributed by atoms with E-state index in [0.29, 0.717) is 58.5 Å². The number of H-pyrrole nitrogens is 1. The Hall–Kier alpha value is -2.73. The molecular formula is C30H39Cl2N7O3S. The van der Waals surface area contributed by atoms with Gasteiger partial charge in [0.15, 0.2) is 10.9 Å². The summed E-state index contributed by atoms with van der Waals surface area (Å²) in [6.45, 7) is 13.5. The molecule has 3 aromatic rings. The second kappa shape index (κ2) is 13.5. The van der Waals surface area contributed by atoms with Crippen molar-refractivity contribution in [3.8, 4) is 11.4 Å². The summed E-state index contributed by atoms with van der Waals surface area (Å²) in [6, 6.07) is 0.618. The highest BCUT2D eigenvalue weighted by Crippen LogP contribution is 2.37. The fourth-order valence-electron chi connectivity index (χ4n) is 6.27. The number of rotatable bonds is 10. The summed E-state index contributed by atoms with van der Waals surface area (Å²) in [7, 11) is 0. The number of anilines is 2. The summed E-state index contributed by atoms with van der Waals surface area (Å²) in [6.07, 6.45) is 6.80. The number of carboxylic acids is 1. The summed E-state index contributed by atoms with van der Waals surface area (Å²) in [4.78, 5) is 49.2. The van der Waals surface area contributed by atoms with Gasteiger partial charge in [-0.3, -0.25) is 9.69 Å². The summed E-state index contributed by atoms with van der Waals surface area (Å²) in [5, 5.41) is 11.3. The molecule has 13 heteroatoms. The number of aryl methyl sites for hydroxylation is 1. The van der Waals surface area contributed by atoms with Crippen molar-refractivity contribution in [1.29, 1.82) is 0 Å². The van der Waals surface area contributed by atoms with Gasteiger partial charge in [-0.1, -0.05) is 55.3 Å². The number of nitrogens with zero attached hydrogens (tertiary/aromatic N) is 6. The number of hydrogen-bond acceptors (Lipinski definition) is 9. The number of carboxylic acid groups (broad SMARTS) is 1. The Balaban J connectivity index is 1.24. The molecule has 2 atom stereocenters. The second-order valence-corrected chi connectivity index (χ2v) is 13.3. The zero-order valence-electron chi connectivity index (χ0n) is 25.1. The molecule has 10 nitrogen and oxygen atoms in total. The quantitative estimate of drug-likeness (QED) is 0.245. The number of ketones is 1. The zero-order chi connectivity index (χ0) is 30.8. The van der Waals surface area contributed by atoms with Crippen molar-refractivity contribution in [2.75, 3.05) is 49.1 Å². The van der Waals surface area contributed by atoms with E-state index in [1.807, 2.05) is 0 Å². The van der Waals surface area contributed by atoms with Crippen LogP contribution >= 0.6 is 34.5 Å². The molecule has 2 N–H and O–H groups in total. The maximum atomic E-state index is 13.0. The van der Waals surface area contributed by atoms with Crippen LogP contribution in [0.25, 0.3) is 11.4 Å². The molecule has 3 aromatic heterocycles. The SMILES string of the molecule is CCC(CC)N1CCN(c2cnc(-c3nc(N4CC[C@@H](CC(=O)c5[nH]c(C)c(Cl)c5Cl)[C@@H](C)C4)sc3C(=O)O)cn2)CC1. The Morgan fingerprint density at radius 3 is 2.35 bits per heavy atom. The first-order valence-electron chi connectivity index (χ1n) is 15.0. The van der Waals surface area contributed by atoms with Crippen LogP contribution in [-0.2, 0) is 0 Å². The predicted molar refractivity (Wildman–Crippen MR) is 172 cm³/mol. The first-order valence-corrected chi connectivity index (χ1v) is 16.6. The maximum Gasteiger partial charge on any atom is 0.348 e. The third-order valence-electron chi connectivity index (χ3n) is 8.92. The molecule has 0 aromatic carbocycles. The van der Waals surface area contributed by atoms with Gasteiger partial charge in [-0.05, 0) is 38.0 Å². The van der Waals surface area contributed by atoms with Gasteiger partial charge in [0.25, 0.3) is 0 Å². The molecule has 0 radical (unpaired) electrons. The number of hydrogen-bond donors (Lipinski definition) is 2. The van der Waals surface area contributed by atoms with Gasteiger partial charge >= 0.3 is 5.97 Å². The standard InChI is InChI=1S/C30H39Cl2N7O3S/c1-5-20(6-2)37-9-11-38(12-10-37)23-15-33-21(14-34-23)26-28(29(41)42)43-30(36-26)39-8-7-19(17(3)16-39)13-22(40)27-25(32)24(31)18(4)35-27/h14-15,17,19-20,35H,5-13,16H2,1-4H3,(H,41,42)/t17-,19-/m0/s1. The van der Waals surface area contributed by atoms with Crippen LogP contribution in [0.15, 0.2) is 12.4 Å². The number of halogens is 2. The van der Waals surface area contributed by atoms with Gasteiger partial charge < -0.3 is 19.9 Å². The van der Waals surface area contributed by atoms with E-state index in [-0.39, 0.29) is 27.5 Å². The number of aromatic nitrogens is 4. The van der Waals surface area contributed by atoms with Gasteiger partial charge in [-0.25, -0.2) is 19.7 Å². The molecule has 0 unspecified atom stereocenters. The minimum atomic E-state index is -1.03. The number of Topliss-reactive ketones (excluding diaryl/α,β-unsaturated/α-hetero) is 1. The monoisotopic (exact) mass is 647 g/mol. The van der Waals surface area contributed by atoms with Crippen molar-refractivity contribution in [2.45, 2.75) is 59.4 Å². The second-order valence-electron chi connectivity index (χ2n) is 11.6. The Labute approximate surface area is 266 Å². The number of aromatic carboxylic acids is 1. The molecule has 0 spiro atoms. The van der Waals surface area contributed by atoms with E-state index in [1.54, 1.807) is 19.3 Å². The summed E-state index contributed by atoms with van der Waals surface area (Å²) in [5.41, 5.74) is 1.83. The van der Waals surface area contributed by atoms with Crippen LogP contribution in [0.3, 0.4) is 0 Å². The van der Waals surface area contributed by atoms with Crippen LogP contribution in [0.4, 0.5) is 10.9 Å². The highest BCUT2D eigenvalue weighted by Gasteiger charge is 2.32. The summed E-state index contributed by atoms with van der Waals surface area (Å²) >= 11 is 13.6. The zero-order valence-corrected chi connectivity index (χ0v) is 27.4. The lowest BCUT2D eigenvalue weighted by atomic mass is 9.83. The van der Waals surface area contributed by atoms with E-state index in [1.165, 1.54) is 0 Å². The van der Waals surface area contributed by atoms with Gasteiger partial charge in [-0.2, -0.15) is 0 Å². The predicted octanol–water partition coefficient (Wildman–Crippen LogP) is 6.29. The van der Waals surface area contributed by atoms with Crippen molar-refractivity contribution in [2.24, 2.45) is 11.8 Å². The molecule has 0 aliphatic carbocycles. The smallest absolute Gasteiger partial charge is 0.348 e. The number of nitrogens with one attached hydrogen (secondary N) is 1. The highest BCUT2D eigenvalue weighted by atomic mass is 35.5. The molecule has 0 amide bonds. The van der Waals surface area contributed by atoms with Gasteiger partial charge in [0, 0.05) is 57.4 Å². The van der Waals surface area contributed by atoms with Gasteiger partial charge in [0.1, 0.15) is 27.8 Å². The van der Waals surface area contributed by atoms with Crippen molar-refractivity contribution >= 4 is 57.2 Å². The first-order chi connectivity index (χ1) is 20.6. The lowest BCUT2D eigenvalue weighted by Crippen LogP contribution is -2.50. The van der Waals surface area contributed by atoms with Crippen LogP contribution in [0, 0.1) is 18.8 Å². The Morgan fingerprint density at radius 1 is 1.07 bits per heavy atom. The molecule has 2 saturated heterocycles. The molecular weight excluding hydrogens is 609 g/mol. The summed E-state index contributed by atoms with van der Waals surface area (Å²) < 4.78 is 0. The van der Waals surface area contributed by atoms with Gasteiger partial charge in [-0.15, -0.1) is 0 Å². The Morgan fingerprint density at radius 2 is 1.79 bits per heavy atom.